The van der Waals surface area contributed by atoms with Crippen LogP contribution in [0.5, 0.6) is 0 Å². The van der Waals surface area contributed by atoms with Crippen LogP contribution >= 0.6 is 0 Å². The number of fused-ring (bicyclic) bond motifs is 1. The molecule has 2 aromatic rings. The first kappa shape index (κ1) is 14.7. The van der Waals surface area contributed by atoms with Crippen molar-refractivity contribution in [2.75, 3.05) is 26.2 Å². The van der Waals surface area contributed by atoms with Crippen molar-refractivity contribution in [3.05, 3.63) is 35.9 Å². The normalized spacial score (nSPS) is 22.7. The molecule has 23 heavy (non-hydrogen) atoms. The van der Waals surface area contributed by atoms with Gasteiger partial charge < -0.3 is 9.30 Å². The number of carbonyl (C=O) groups is 1. The largest absolute Gasteiger partial charge is 0.332 e. The Morgan fingerprint density at radius 3 is 2.83 bits per heavy atom. The van der Waals surface area contributed by atoms with Crippen LogP contribution in [0.15, 0.2) is 24.4 Å². The van der Waals surface area contributed by atoms with Crippen LogP contribution < -0.4 is 0 Å². The molecule has 0 radical (unpaired) electrons. The highest BCUT2D eigenvalue weighted by Crippen LogP contribution is 2.40. The molecule has 0 bridgehead atoms. The SMILES string of the molecule is CCN1CCN(C(=O)c2nc(C3CC3)n3ccccc23)C(C)C1. The van der Waals surface area contributed by atoms with Gasteiger partial charge in [0.25, 0.3) is 5.91 Å². The number of pyridine rings is 1. The van der Waals surface area contributed by atoms with E-state index in [4.69, 9.17) is 4.98 Å². The van der Waals surface area contributed by atoms with Crippen LogP contribution in [-0.4, -0.2) is 57.3 Å². The molecule has 1 aliphatic heterocycles. The Labute approximate surface area is 136 Å². The third-order valence-corrected chi connectivity index (χ3v) is 5.14. The highest BCUT2D eigenvalue weighted by molar-refractivity contribution is 5.99. The van der Waals surface area contributed by atoms with E-state index in [1.54, 1.807) is 0 Å². The van der Waals surface area contributed by atoms with Crippen molar-refractivity contribution in [3.8, 4) is 0 Å². The van der Waals surface area contributed by atoms with Crippen molar-refractivity contribution in [3.63, 3.8) is 0 Å². The predicted molar refractivity (Wildman–Crippen MR) is 89.8 cm³/mol. The van der Waals surface area contributed by atoms with Crippen LogP contribution in [-0.2, 0) is 0 Å². The molecular formula is C18H24N4O. The zero-order valence-corrected chi connectivity index (χ0v) is 13.9. The summed E-state index contributed by atoms with van der Waals surface area (Å²) < 4.78 is 2.11. The van der Waals surface area contributed by atoms with Crippen molar-refractivity contribution in [1.29, 1.82) is 0 Å². The summed E-state index contributed by atoms with van der Waals surface area (Å²) in [6.07, 6.45) is 4.41. The molecule has 5 heteroatoms. The van der Waals surface area contributed by atoms with E-state index < -0.39 is 0 Å². The third kappa shape index (κ3) is 2.53. The van der Waals surface area contributed by atoms with Gasteiger partial charge in [0.2, 0.25) is 0 Å². The number of imidazole rings is 1. The summed E-state index contributed by atoms with van der Waals surface area (Å²) in [5, 5.41) is 0. The van der Waals surface area contributed by atoms with Crippen molar-refractivity contribution in [1.82, 2.24) is 19.2 Å². The minimum absolute atomic E-state index is 0.0869. The standard InChI is InChI=1S/C18H24N4O/c1-3-20-10-11-21(13(2)12-20)18(23)16-15-6-4-5-9-22(15)17(19-16)14-7-8-14/h4-6,9,13-14H,3,7-8,10-12H2,1-2H3. The summed E-state index contributed by atoms with van der Waals surface area (Å²) in [5.41, 5.74) is 1.58. The Hall–Kier alpha value is -1.88. The molecule has 122 valence electrons. The van der Waals surface area contributed by atoms with Crippen molar-refractivity contribution >= 4 is 11.4 Å². The van der Waals surface area contributed by atoms with Crippen LogP contribution in [0.1, 0.15) is 48.9 Å². The second-order valence-corrected chi connectivity index (χ2v) is 6.79. The fourth-order valence-corrected chi connectivity index (χ4v) is 3.61. The predicted octanol–water partition coefficient (Wildman–Crippen LogP) is 2.38. The van der Waals surface area contributed by atoms with Gasteiger partial charge in [-0.15, -0.1) is 0 Å². The molecule has 0 N–H and O–H groups in total. The number of piperazine rings is 1. The molecule has 1 saturated carbocycles. The van der Waals surface area contributed by atoms with Gasteiger partial charge in [-0.05, 0) is 38.4 Å². The number of likely N-dealkylation sites (N-methyl/N-ethyl adjacent to an activating group) is 1. The quantitative estimate of drug-likeness (QED) is 0.874. The van der Waals surface area contributed by atoms with E-state index in [0.717, 1.165) is 37.5 Å². The monoisotopic (exact) mass is 312 g/mol. The molecule has 3 heterocycles. The Balaban J connectivity index is 1.67. The van der Waals surface area contributed by atoms with Crippen LogP contribution in [0.2, 0.25) is 0 Å². The Kier molecular flexibility index (Phi) is 3.60. The van der Waals surface area contributed by atoms with Crippen molar-refractivity contribution in [2.24, 2.45) is 0 Å². The number of nitrogens with zero attached hydrogens (tertiary/aromatic N) is 4. The fourth-order valence-electron chi connectivity index (χ4n) is 3.61. The van der Waals surface area contributed by atoms with E-state index in [0.29, 0.717) is 11.6 Å². The third-order valence-electron chi connectivity index (χ3n) is 5.14. The first-order valence-electron chi connectivity index (χ1n) is 8.69. The number of hydrogen-bond donors (Lipinski definition) is 0. The lowest BCUT2D eigenvalue weighted by molar-refractivity contribution is 0.0496. The summed E-state index contributed by atoms with van der Waals surface area (Å²) in [4.78, 5) is 22.3. The summed E-state index contributed by atoms with van der Waals surface area (Å²) in [6, 6.07) is 6.25. The average Bonchev–Trinajstić information content (AvgIpc) is 3.34. The maximum atomic E-state index is 13.1. The molecule has 2 aliphatic rings. The molecule has 1 atom stereocenters. The summed E-state index contributed by atoms with van der Waals surface area (Å²) in [7, 11) is 0. The maximum absolute atomic E-state index is 13.1. The van der Waals surface area contributed by atoms with Gasteiger partial charge in [-0.25, -0.2) is 4.98 Å². The van der Waals surface area contributed by atoms with E-state index in [1.165, 1.54) is 12.8 Å². The maximum Gasteiger partial charge on any atom is 0.275 e. The second-order valence-electron chi connectivity index (χ2n) is 6.79. The topological polar surface area (TPSA) is 40.8 Å². The minimum Gasteiger partial charge on any atom is -0.332 e. The molecular weight excluding hydrogens is 288 g/mol. The minimum atomic E-state index is 0.0869. The fraction of sp³-hybridized carbons (Fsp3) is 0.556. The molecule has 1 aliphatic carbocycles. The van der Waals surface area contributed by atoms with Gasteiger partial charge in [0.1, 0.15) is 5.82 Å². The molecule has 1 saturated heterocycles. The molecule has 2 aromatic heterocycles. The first-order valence-corrected chi connectivity index (χ1v) is 8.69. The molecule has 4 rings (SSSR count). The molecule has 2 fully saturated rings. The van der Waals surface area contributed by atoms with Crippen LogP contribution in [0.3, 0.4) is 0 Å². The lowest BCUT2D eigenvalue weighted by Crippen LogP contribution is -2.53. The Morgan fingerprint density at radius 1 is 1.30 bits per heavy atom. The number of carbonyl (C=O) groups excluding carboxylic acids is 1. The average molecular weight is 312 g/mol. The Bertz CT molecular complexity index is 734. The van der Waals surface area contributed by atoms with E-state index >= 15 is 0 Å². The molecule has 0 aromatic carbocycles. The molecule has 1 amide bonds. The van der Waals surface area contributed by atoms with E-state index in [1.807, 2.05) is 29.3 Å². The second kappa shape index (κ2) is 5.64. The van der Waals surface area contributed by atoms with Gasteiger partial charge >= 0.3 is 0 Å². The molecule has 5 nitrogen and oxygen atoms in total. The van der Waals surface area contributed by atoms with Crippen LogP contribution in [0, 0.1) is 0 Å². The highest BCUT2D eigenvalue weighted by Gasteiger charge is 2.33. The smallest absolute Gasteiger partial charge is 0.275 e. The highest BCUT2D eigenvalue weighted by atomic mass is 16.2. The Morgan fingerprint density at radius 2 is 2.13 bits per heavy atom. The summed E-state index contributed by atoms with van der Waals surface area (Å²) in [5.74, 6) is 1.67. The van der Waals surface area contributed by atoms with Gasteiger partial charge in [0, 0.05) is 37.8 Å². The van der Waals surface area contributed by atoms with Gasteiger partial charge in [-0.2, -0.15) is 0 Å². The van der Waals surface area contributed by atoms with Crippen LogP contribution in [0.4, 0.5) is 0 Å². The lowest BCUT2D eigenvalue weighted by Gasteiger charge is -2.39. The van der Waals surface area contributed by atoms with Gasteiger partial charge in [0.15, 0.2) is 5.69 Å². The van der Waals surface area contributed by atoms with E-state index in [-0.39, 0.29) is 11.9 Å². The van der Waals surface area contributed by atoms with E-state index in [9.17, 15) is 4.79 Å². The van der Waals surface area contributed by atoms with Gasteiger partial charge in [0.05, 0.1) is 5.52 Å². The number of amides is 1. The molecule has 0 spiro atoms. The number of rotatable bonds is 3. The van der Waals surface area contributed by atoms with Crippen molar-refractivity contribution in [2.45, 2.75) is 38.6 Å². The van der Waals surface area contributed by atoms with Crippen molar-refractivity contribution < 1.29 is 4.79 Å². The number of aromatic nitrogens is 2. The number of hydrogen-bond acceptors (Lipinski definition) is 3. The van der Waals surface area contributed by atoms with Gasteiger partial charge in [-0.1, -0.05) is 13.0 Å². The summed E-state index contributed by atoms with van der Waals surface area (Å²) in [6.45, 7) is 8.05. The lowest BCUT2D eigenvalue weighted by atomic mass is 10.1. The van der Waals surface area contributed by atoms with Gasteiger partial charge in [-0.3, -0.25) is 9.69 Å². The first-order chi connectivity index (χ1) is 11.2. The molecule has 1 unspecified atom stereocenters. The zero-order valence-electron chi connectivity index (χ0n) is 13.9. The van der Waals surface area contributed by atoms with E-state index in [2.05, 4.69) is 23.1 Å². The zero-order chi connectivity index (χ0) is 16.0. The summed E-state index contributed by atoms with van der Waals surface area (Å²) >= 11 is 0. The van der Waals surface area contributed by atoms with Crippen LogP contribution in [0.25, 0.3) is 5.52 Å².